The van der Waals surface area contributed by atoms with E-state index in [-0.39, 0.29) is 11.9 Å². The quantitative estimate of drug-likeness (QED) is 0.916. The van der Waals surface area contributed by atoms with Crippen molar-refractivity contribution in [1.29, 1.82) is 0 Å². The highest BCUT2D eigenvalue weighted by molar-refractivity contribution is 9.10. The van der Waals surface area contributed by atoms with Gasteiger partial charge in [-0.1, -0.05) is 22.0 Å². The minimum Gasteiger partial charge on any atom is -0.481 e. The van der Waals surface area contributed by atoms with E-state index >= 15 is 0 Å². The number of carbonyl (C=O) groups excluding carboxylic acids is 1. The summed E-state index contributed by atoms with van der Waals surface area (Å²) in [4.78, 5) is 14.1. The van der Waals surface area contributed by atoms with Gasteiger partial charge < -0.3 is 15.4 Å². The van der Waals surface area contributed by atoms with E-state index in [0.717, 1.165) is 36.0 Å². The Kier molecular flexibility index (Phi) is 5.05. The van der Waals surface area contributed by atoms with Gasteiger partial charge in [-0.05, 0) is 38.8 Å². The van der Waals surface area contributed by atoms with Crippen LogP contribution in [-0.4, -0.2) is 30.0 Å². The fraction of sp³-hybridized carbons (Fsp3) is 0.533. The summed E-state index contributed by atoms with van der Waals surface area (Å²) in [6.07, 6.45) is 1.68. The van der Waals surface area contributed by atoms with Crippen LogP contribution in [0.25, 0.3) is 0 Å². The maximum atomic E-state index is 12.3. The second kappa shape index (κ2) is 6.59. The smallest absolute Gasteiger partial charge is 0.263 e. The van der Waals surface area contributed by atoms with E-state index in [1.165, 1.54) is 0 Å². The molecule has 1 aromatic rings. The molecule has 1 aliphatic rings. The Balaban J connectivity index is 2.12. The molecular formula is C15H21BrN2O2. The number of hydrogen-bond acceptors (Lipinski definition) is 3. The number of hydrogen-bond donors (Lipinski definition) is 1. The van der Waals surface area contributed by atoms with E-state index < -0.39 is 6.10 Å². The molecule has 2 N–H and O–H groups in total. The van der Waals surface area contributed by atoms with Gasteiger partial charge in [0.05, 0.1) is 0 Å². The van der Waals surface area contributed by atoms with Gasteiger partial charge in [-0.25, -0.2) is 0 Å². The minimum absolute atomic E-state index is 0.0538. The Hall–Kier alpha value is -1.07. The summed E-state index contributed by atoms with van der Waals surface area (Å²) >= 11 is 3.42. The number of ether oxygens (including phenoxy) is 1. The number of amides is 1. The first-order chi connectivity index (χ1) is 9.49. The van der Waals surface area contributed by atoms with E-state index in [9.17, 15) is 4.79 Å². The van der Waals surface area contributed by atoms with Crippen molar-refractivity contribution in [3.05, 3.63) is 28.2 Å². The van der Waals surface area contributed by atoms with E-state index in [0.29, 0.717) is 5.75 Å². The fourth-order valence-electron chi connectivity index (χ4n) is 2.42. The van der Waals surface area contributed by atoms with Crippen molar-refractivity contribution < 1.29 is 9.53 Å². The first kappa shape index (κ1) is 15.3. The molecule has 1 unspecified atom stereocenters. The van der Waals surface area contributed by atoms with Crippen LogP contribution < -0.4 is 10.5 Å². The Morgan fingerprint density at radius 2 is 2.00 bits per heavy atom. The van der Waals surface area contributed by atoms with Crippen molar-refractivity contribution >= 4 is 21.8 Å². The molecule has 0 aromatic heterocycles. The molecule has 0 radical (unpaired) electrons. The Morgan fingerprint density at radius 1 is 1.35 bits per heavy atom. The van der Waals surface area contributed by atoms with E-state index in [4.69, 9.17) is 10.5 Å². The molecule has 1 amide bonds. The highest BCUT2D eigenvalue weighted by atomic mass is 79.9. The molecule has 0 saturated carbocycles. The second-order valence-electron chi connectivity index (χ2n) is 5.26. The van der Waals surface area contributed by atoms with E-state index in [1.54, 1.807) is 6.92 Å². The molecule has 110 valence electrons. The normalized spacial score (nSPS) is 17.9. The predicted octanol–water partition coefficient (Wildman–Crippen LogP) is 2.86. The SMILES string of the molecule is CC(Oc1cc(Br)ccc1[C@H](C)N)C(=O)N1CCCC1. The second-order valence-corrected chi connectivity index (χ2v) is 6.18. The van der Waals surface area contributed by atoms with E-state index in [1.807, 2.05) is 30.0 Å². The molecule has 1 aromatic carbocycles. The summed E-state index contributed by atoms with van der Waals surface area (Å²) in [7, 11) is 0. The number of carbonyl (C=O) groups is 1. The van der Waals surface area contributed by atoms with Crippen LogP contribution >= 0.6 is 15.9 Å². The van der Waals surface area contributed by atoms with Crippen LogP contribution in [0, 0.1) is 0 Å². The van der Waals surface area contributed by atoms with Gasteiger partial charge in [0.2, 0.25) is 0 Å². The maximum absolute atomic E-state index is 12.3. The maximum Gasteiger partial charge on any atom is 0.263 e. The Labute approximate surface area is 128 Å². The third-order valence-corrected chi connectivity index (χ3v) is 4.03. The molecule has 4 nitrogen and oxygen atoms in total. The predicted molar refractivity (Wildman–Crippen MR) is 82.6 cm³/mol. The third kappa shape index (κ3) is 3.52. The van der Waals surface area contributed by atoms with Crippen molar-refractivity contribution in [2.24, 2.45) is 5.73 Å². The third-order valence-electron chi connectivity index (χ3n) is 3.54. The van der Waals surface area contributed by atoms with Crippen LogP contribution in [0.1, 0.15) is 38.3 Å². The molecule has 1 heterocycles. The van der Waals surface area contributed by atoms with Crippen molar-refractivity contribution in [1.82, 2.24) is 4.90 Å². The van der Waals surface area contributed by atoms with Crippen LogP contribution in [0.4, 0.5) is 0 Å². The molecule has 0 spiro atoms. The number of likely N-dealkylation sites (tertiary alicyclic amines) is 1. The van der Waals surface area contributed by atoms with Crippen molar-refractivity contribution in [2.75, 3.05) is 13.1 Å². The molecule has 1 aliphatic heterocycles. The Morgan fingerprint density at radius 3 is 2.60 bits per heavy atom. The van der Waals surface area contributed by atoms with Crippen molar-refractivity contribution in [3.8, 4) is 5.75 Å². The Bertz CT molecular complexity index is 485. The number of halogens is 1. The minimum atomic E-state index is -0.486. The van der Waals surface area contributed by atoms with Crippen LogP contribution in [0.2, 0.25) is 0 Å². The number of nitrogens with two attached hydrogens (primary N) is 1. The number of rotatable bonds is 4. The summed E-state index contributed by atoms with van der Waals surface area (Å²) in [6, 6.07) is 5.59. The molecular weight excluding hydrogens is 320 g/mol. The summed E-state index contributed by atoms with van der Waals surface area (Å²) in [5.41, 5.74) is 6.86. The summed E-state index contributed by atoms with van der Waals surface area (Å²) in [6.45, 7) is 5.38. The van der Waals surface area contributed by atoms with Crippen LogP contribution in [0.5, 0.6) is 5.75 Å². The standard InChI is InChI=1S/C15H21BrN2O2/c1-10(17)13-6-5-12(16)9-14(13)20-11(2)15(19)18-7-3-4-8-18/h5-6,9-11H,3-4,7-8,17H2,1-2H3/t10-,11?/m0/s1. The van der Waals surface area contributed by atoms with Gasteiger partial charge in [-0.2, -0.15) is 0 Å². The lowest BCUT2D eigenvalue weighted by molar-refractivity contribution is -0.136. The van der Waals surface area contributed by atoms with Crippen molar-refractivity contribution in [2.45, 2.75) is 38.8 Å². The molecule has 0 bridgehead atoms. The van der Waals surface area contributed by atoms with Gasteiger partial charge in [-0.15, -0.1) is 0 Å². The fourth-order valence-corrected chi connectivity index (χ4v) is 2.76. The lowest BCUT2D eigenvalue weighted by atomic mass is 10.1. The lowest BCUT2D eigenvalue weighted by Gasteiger charge is -2.23. The average Bonchev–Trinajstić information content (AvgIpc) is 2.91. The monoisotopic (exact) mass is 340 g/mol. The molecule has 20 heavy (non-hydrogen) atoms. The molecule has 1 fully saturated rings. The highest BCUT2D eigenvalue weighted by Gasteiger charge is 2.25. The largest absolute Gasteiger partial charge is 0.481 e. The zero-order valence-corrected chi connectivity index (χ0v) is 13.5. The topological polar surface area (TPSA) is 55.6 Å². The van der Waals surface area contributed by atoms with E-state index in [2.05, 4.69) is 15.9 Å². The zero-order chi connectivity index (χ0) is 14.7. The van der Waals surface area contributed by atoms with Gasteiger partial charge in [0.15, 0.2) is 6.10 Å². The highest BCUT2D eigenvalue weighted by Crippen LogP contribution is 2.28. The average molecular weight is 341 g/mol. The van der Waals surface area contributed by atoms with Crippen LogP contribution in [0.3, 0.4) is 0 Å². The molecule has 2 atom stereocenters. The van der Waals surface area contributed by atoms with Gasteiger partial charge in [0, 0.05) is 29.2 Å². The van der Waals surface area contributed by atoms with Crippen LogP contribution in [-0.2, 0) is 4.79 Å². The van der Waals surface area contributed by atoms with Gasteiger partial charge in [0.25, 0.3) is 5.91 Å². The first-order valence-electron chi connectivity index (χ1n) is 6.99. The summed E-state index contributed by atoms with van der Waals surface area (Å²) in [5, 5.41) is 0. The first-order valence-corrected chi connectivity index (χ1v) is 7.79. The molecule has 1 saturated heterocycles. The zero-order valence-electron chi connectivity index (χ0n) is 11.9. The molecule has 5 heteroatoms. The number of nitrogens with zero attached hydrogens (tertiary/aromatic N) is 1. The molecule has 0 aliphatic carbocycles. The van der Waals surface area contributed by atoms with Crippen LogP contribution in [0.15, 0.2) is 22.7 Å². The van der Waals surface area contributed by atoms with Crippen molar-refractivity contribution in [3.63, 3.8) is 0 Å². The summed E-state index contributed by atoms with van der Waals surface area (Å²) in [5.74, 6) is 0.729. The lowest BCUT2D eigenvalue weighted by Crippen LogP contribution is -2.38. The molecule has 2 rings (SSSR count). The van der Waals surface area contributed by atoms with Gasteiger partial charge in [-0.3, -0.25) is 4.79 Å². The van der Waals surface area contributed by atoms with Gasteiger partial charge >= 0.3 is 0 Å². The van der Waals surface area contributed by atoms with Gasteiger partial charge in [0.1, 0.15) is 5.75 Å². The summed E-state index contributed by atoms with van der Waals surface area (Å²) < 4.78 is 6.78. The number of benzene rings is 1.